The van der Waals surface area contributed by atoms with Gasteiger partial charge in [-0.25, -0.2) is 0 Å². The lowest BCUT2D eigenvalue weighted by Gasteiger charge is -2.40. The Morgan fingerprint density at radius 2 is 1.54 bits per heavy atom. The number of rotatable bonds is 2. The Labute approximate surface area is 80.9 Å². The Balaban J connectivity index is 1.78. The average Bonchev–Trinajstić information content (AvgIpc) is 2.30. The van der Waals surface area contributed by atoms with E-state index in [0.717, 1.165) is 19.4 Å². The van der Waals surface area contributed by atoms with Crippen LogP contribution < -0.4 is 0 Å². The lowest BCUT2D eigenvalue weighted by Crippen LogP contribution is -2.48. The summed E-state index contributed by atoms with van der Waals surface area (Å²) < 4.78 is 0. The summed E-state index contributed by atoms with van der Waals surface area (Å²) in [6, 6.07) is 0. The van der Waals surface area contributed by atoms with Gasteiger partial charge in [-0.3, -0.25) is 0 Å². The van der Waals surface area contributed by atoms with Crippen LogP contribution in [-0.2, 0) is 0 Å². The number of likely N-dealkylation sites (tertiary alicyclic amines) is 1. The van der Waals surface area contributed by atoms with Crippen molar-refractivity contribution < 1.29 is 5.11 Å². The van der Waals surface area contributed by atoms with Crippen LogP contribution in [0, 0.1) is 0 Å². The van der Waals surface area contributed by atoms with E-state index in [1.165, 1.54) is 45.2 Å². The molecule has 1 aliphatic heterocycles. The van der Waals surface area contributed by atoms with E-state index in [2.05, 4.69) is 4.90 Å². The fraction of sp³-hybridized carbons (Fsp3) is 1.00. The molecule has 1 N–H and O–H groups in total. The third-order valence-electron chi connectivity index (χ3n) is 3.50. The van der Waals surface area contributed by atoms with Gasteiger partial charge in [0.05, 0.1) is 5.60 Å². The molecule has 2 nitrogen and oxygen atoms in total. The molecule has 0 spiro atoms. The van der Waals surface area contributed by atoms with Crippen molar-refractivity contribution in [2.24, 2.45) is 0 Å². The van der Waals surface area contributed by atoms with Crippen molar-refractivity contribution in [1.29, 1.82) is 0 Å². The van der Waals surface area contributed by atoms with Gasteiger partial charge in [0.2, 0.25) is 0 Å². The molecule has 2 rings (SSSR count). The Morgan fingerprint density at radius 3 is 2.00 bits per heavy atom. The van der Waals surface area contributed by atoms with Gasteiger partial charge in [0.25, 0.3) is 0 Å². The summed E-state index contributed by atoms with van der Waals surface area (Å²) in [5.74, 6) is 0. The van der Waals surface area contributed by atoms with Crippen molar-refractivity contribution in [1.82, 2.24) is 4.90 Å². The monoisotopic (exact) mass is 183 g/mol. The van der Waals surface area contributed by atoms with E-state index >= 15 is 0 Å². The van der Waals surface area contributed by atoms with Crippen molar-refractivity contribution >= 4 is 0 Å². The molecule has 2 heteroatoms. The number of β-amino-alcohol motifs (C(OH)–C–C–N with tert-alkyl or cyclic N) is 1. The maximum atomic E-state index is 10.0. The molecular weight excluding hydrogens is 162 g/mol. The number of aliphatic hydroxyl groups is 1. The molecule has 0 radical (unpaired) electrons. The van der Waals surface area contributed by atoms with Gasteiger partial charge < -0.3 is 10.0 Å². The summed E-state index contributed by atoms with van der Waals surface area (Å²) in [5, 5.41) is 10.0. The zero-order valence-electron chi connectivity index (χ0n) is 8.47. The fourth-order valence-electron chi connectivity index (χ4n) is 2.45. The smallest absolute Gasteiger partial charge is 0.0774 e. The summed E-state index contributed by atoms with van der Waals surface area (Å²) >= 11 is 0. The van der Waals surface area contributed by atoms with Crippen molar-refractivity contribution in [2.45, 2.75) is 50.5 Å². The van der Waals surface area contributed by atoms with E-state index in [-0.39, 0.29) is 5.60 Å². The molecule has 2 fully saturated rings. The van der Waals surface area contributed by atoms with Crippen LogP contribution in [0.3, 0.4) is 0 Å². The molecule has 1 aliphatic carbocycles. The number of hydrogen-bond acceptors (Lipinski definition) is 2. The summed E-state index contributed by atoms with van der Waals surface area (Å²) in [6.07, 6.45) is 8.72. The van der Waals surface area contributed by atoms with Crippen LogP contribution in [0.15, 0.2) is 0 Å². The molecule has 13 heavy (non-hydrogen) atoms. The summed E-state index contributed by atoms with van der Waals surface area (Å²) in [4.78, 5) is 2.46. The Kier molecular flexibility index (Phi) is 2.89. The fourth-order valence-corrected chi connectivity index (χ4v) is 2.45. The third-order valence-corrected chi connectivity index (χ3v) is 3.50. The van der Waals surface area contributed by atoms with Gasteiger partial charge in [-0.15, -0.1) is 0 Å². The minimum atomic E-state index is -0.301. The van der Waals surface area contributed by atoms with Gasteiger partial charge in [0, 0.05) is 6.54 Å². The highest BCUT2D eigenvalue weighted by Crippen LogP contribution is 2.32. The molecule has 0 atom stereocenters. The normalized spacial score (nSPS) is 29.3. The first-order valence-corrected chi connectivity index (χ1v) is 5.73. The molecule has 0 aromatic rings. The van der Waals surface area contributed by atoms with E-state index in [4.69, 9.17) is 0 Å². The quantitative estimate of drug-likeness (QED) is 0.705. The van der Waals surface area contributed by atoms with E-state index in [1.807, 2.05) is 0 Å². The maximum absolute atomic E-state index is 10.0. The first kappa shape index (κ1) is 9.47. The van der Waals surface area contributed by atoms with Gasteiger partial charge in [0.15, 0.2) is 0 Å². The minimum absolute atomic E-state index is 0.301. The molecule has 0 aromatic heterocycles. The lowest BCUT2D eigenvalue weighted by molar-refractivity contribution is -0.0581. The van der Waals surface area contributed by atoms with Gasteiger partial charge in [-0.1, -0.05) is 12.8 Å². The minimum Gasteiger partial charge on any atom is -0.389 e. The summed E-state index contributed by atoms with van der Waals surface area (Å²) in [6.45, 7) is 3.36. The van der Waals surface area contributed by atoms with E-state index < -0.39 is 0 Å². The van der Waals surface area contributed by atoms with E-state index in [9.17, 15) is 5.11 Å². The predicted molar refractivity (Wildman–Crippen MR) is 53.7 cm³/mol. The van der Waals surface area contributed by atoms with Crippen LogP contribution in [0.1, 0.15) is 44.9 Å². The largest absolute Gasteiger partial charge is 0.389 e. The van der Waals surface area contributed by atoms with E-state index in [0.29, 0.717) is 0 Å². The van der Waals surface area contributed by atoms with Crippen LogP contribution in [0.5, 0.6) is 0 Å². The molecular formula is C11H21NO. The molecule has 0 unspecified atom stereocenters. The highest BCUT2D eigenvalue weighted by atomic mass is 16.3. The Hall–Kier alpha value is -0.0800. The Bertz CT molecular complexity index is 157. The molecule has 1 saturated heterocycles. The molecule has 76 valence electrons. The van der Waals surface area contributed by atoms with Gasteiger partial charge in [-0.2, -0.15) is 0 Å². The highest BCUT2D eigenvalue weighted by Gasteiger charge is 2.35. The van der Waals surface area contributed by atoms with Crippen molar-refractivity contribution in [3.8, 4) is 0 Å². The third kappa shape index (κ3) is 2.44. The molecule has 1 saturated carbocycles. The summed E-state index contributed by atoms with van der Waals surface area (Å²) in [5.41, 5.74) is -0.301. The van der Waals surface area contributed by atoms with Crippen LogP contribution in [0.25, 0.3) is 0 Å². The Morgan fingerprint density at radius 1 is 0.923 bits per heavy atom. The number of hydrogen-bond donors (Lipinski definition) is 1. The second-order valence-electron chi connectivity index (χ2n) is 4.77. The average molecular weight is 183 g/mol. The van der Waals surface area contributed by atoms with Crippen LogP contribution in [0.4, 0.5) is 0 Å². The van der Waals surface area contributed by atoms with Crippen LogP contribution in [-0.4, -0.2) is 35.2 Å². The molecule has 0 aromatic carbocycles. The number of nitrogens with zero attached hydrogens (tertiary/aromatic N) is 1. The van der Waals surface area contributed by atoms with Crippen molar-refractivity contribution in [3.05, 3.63) is 0 Å². The van der Waals surface area contributed by atoms with Crippen LogP contribution >= 0.6 is 0 Å². The van der Waals surface area contributed by atoms with Gasteiger partial charge >= 0.3 is 0 Å². The van der Waals surface area contributed by atoms with Gasteiger partial charge in [0.1, 0.15) is 0 Å². The zero-order chi connectivity index (χ0) is 9.15. The second kappa shape index (κ2) is 3.97. The molecule has 0 amide bonds. The maximum Gasteiger partial charge on any atom is 0.0774 e. The zero-order valence-corrected chi connectivity index (χ0v) is 8.47. The topological polar surface area (TPSA) is 23.5 Å². The van der Waals surface area contributed by atoms with Crippen LogP contribution in [0.2, 0.25) is 0 Å². The molecule has 0 bridgehead atoms. The van der Waals surface area contributed by atoms with Gasteiger partial charge in [-0.05, 0) is 45.2 Å². The summed E-state index contributed by atoms with van der Waals surface area (Å²) in [7, 11) is 0. The molecule has 2 aliphatic rings. The lowest BCUT2D eigenvalue weighted by atomic mass is 9.80. The van der Waals surface area contributed by atoms with Crippen molar-refractivity contribution in [3.63, 3.8) is 0 Å². The first-order chi connectivity index (χ1) is 6.29. The van der Waals surface area contributed by atoms with E-state index in [1.54, 1.807) is 0 Å². The highest BCUT2D eigenvalue weighted by molar-refractivity contribution is 4.90. The SMILES string of the molecule is OC1(CN2CCCCCC2)CCC1. The van der Waals surface area contributed by atoms with Crippen molar-refractivity contribution in [2.75, 3.05) is 19.6 Å². The standard InChI is InChI=1S/C11H21NO/c13-11(6-5-7-11)10-12-8-3-1-2-4-9-12/h13H,1-10H2. The second-order valence-corrected chi connectivity index (χ2v) is 4.77. The predicted octanol–water partition coefficient (Wildman–Crippen LogP) is 1.78. The molecule has 1 heterocycles. The first-order valence-electron chi connectivity index (χ1n) is 5.73.